The summed E-state index contributed by atoms with van der Waals surface area (Å²) in [7, 11) is 0. The van der Waals surface area contributed by atoms with Crippen LogP contribution in [0.5, 0.6) is 0 Å². The number of anilines is 1. The highest BCUT2D eigenvalue weighted by atomic mass is 35.5. The van der Waals surface area contributed by atoms with Crippen LogP contribution in [0.25, 0.3) is 17.1 Å². The summed E-state index contributed by atoms with van der Waals surface area (Å²) in [6, 6.07) is 10.6. The largest absolute Gasteiger partial charge is 0.463 e. The third-order valence-electron chi connectivity index (χ3n) is 2.66. The molecule has 6 heteroatoms. The molecule has 19 heavy (non-hydrogen) atoms. The van der Waals surface area contributed by atoms with Gasteiger partial charge in [-0.25, -0.2) is 4.68 Å². The van der Waals surface area contributed by atoms with E-state index in [1.54, 1.807) is 41.3 Å². The third kappa shape index (κ3) is 2.20. The highest BCUT2D eigenvalue weighted by Gasteiger charge is 2.11. The molecule has 0 spiro atoms. The quantitative estimate of drug-likeness (QED) is 0.776. The van der Waals surface area contributed by atoms with E-state index in [-0.39, 0.29) is 0 Å². The van der Waals surface area contributed by atoms with Crippen LogP contribution in [0.3, 0.4) is 0 Å². The van der Waals surface area contributed by atoms with E-state index >= 15 is 0 Å². The lowest BCUT2D eigenvalue weighted by atomic mass is 10.3. The van der Waals surface area contributed by atoms with Gasteiger partial charge in [0.25, 0.3) is 0 Å². The van der Waals surface area contributed by atoms with Crippen LogP contribution in [0.4, 0.5) is 5.82 Å². The predicted octanol–water partition coefficient (Wildman–Crippen LogP) is 4.02. The Labute approximate surface area is 119 Å². The molecule has 2 heterocycles. The topological polar surface area (TPSA) is 57.0 Å². The van der Waals surface area contributed by atoms with Crippen molar-refractivity contribution >= 4 is 29.0 Å². The monoisotopic (exact) mass is 293 g/mol. The molecule has 0 aliphatic rings. The first-order valence-electron chi connectivity index (χ1n) is 5.50. The number of furan rings is 1. The average Bonchev–Trinajstić information content (AvgIpc) is 3.01. The molecule has 0 aliphatic heterocycles. The van der Waals surface area contributed by atoms with E-state index in [0.717, 1.165) is 5.69 Å². The maximum Gasteiger partial charge on any atom is 0.154 e. The Balaban J connectivity index is 2.08. The molecule has 0 radical (unpaired) electrons. The van der Waals surface area contributed by atoms with Crippen LogP contribution in [-0.4, -0.2) is 9.78 Å². The summed E-state index contributed by atoms with van der Waals surface area (Å²) in [6.07, 6.45) is 1.59. The first kappa shape index (κ1) is 12.1. The second-order valence-corrected chi connectivity index (χ2v) is 4.76. The van der Waals surface area contributed by atoms with Crippen molar-refractivity contribution in [3.63, 3.8) is 0 Å². The Morgan fingerprint density at radius 3 is 2.63 bits per heavy atom. The van der Waals surface area contributed by atoms with Crippen molar-refractivity contribution < 1.29 is 4.42 Å². The van der Waals surface area contributed by atoms with E-state index in [9.17, 15) is 0 Å². The number of hydrogen-bond acceptors (Lipinski definition) is 3. The Morgan fingerprint density at radius 2 is 1.95 bits per heavy atom. The highest BCUT2D eigenvalue weighted by Crippen LogP contribution is 2.27. The molecule has 0 aliphatic carbocycles. The third-order valence-corrected chi connectivity index (χ3v) is 3.40. The van der Waals surface area contributed by atoms with E-state index in [1.165, 1.54) is 0 Å². The lowest BCUT2D eigenvalue weighted by Gasteiger charge is -2.04. The van der Waals surface area contributed by atoms with E-state index in [0.29, 0.717) is 27.3 Å². The highest BCUT2D eigenvalue weighted by molar-refractivity contribution is 6.42. The number of nitrogens with zero attached hydrogens (tertiary/aromatic N) is 2. The fourth-order valence-corrected chi connectivity index (χ4v) is 2.06. The summed E-state index contributed by atoms with van der Waals surface area (Å²) in [4.78, 5) is 0. The van der Waals surface area contributed by atoms with Crippen molar-refractivity contribution in [2.45, 2.75) is 0 Å². The molecule has 96 valence electrons. The number of nitrogens with two attached hydrogens (primary N) is 1. The summed E-state index contributed by atoms with van der Waals surface area (Å²) in [6.45, 7) is 0. The summed E-state index contributed by atoms with van der Waals surface area (Å²) >= 11 is 11.9. The molecule has 3 rings (SSSR count). The molecule has 3 aromatic rings. The van der Waals surface area contributed by atoms with Gasteiger partial charge >= 0.3 is 0 Å². The standard InChI is InChI=1S/C13H9Cl2N3O/c14-9-4-3-8(6-10(9)15)18-13(16)7-11(17-18)12-2-1-5-19-12/h1-7H,16H2. The second-order valence-electron chi connectivity index (χ2n) is 3.94. The van der Waals surface area contributed by atoms with E-state index in [4.69, 9.17) is 33.4 Å². The SMILES string of the molecule is Nc1cc(-c2ccco2)nn1-c1ccc(Cl)c(Cl)c1. The molecule has 0 amide bonds. The lowest BCUT2D eigenvalue weighted by Crippen LogP contribution is -2.01. The van der Waals surface area contributed by atoms with Gasteiger partial charge in [-0.05, 0) is 30.3 Å². The van der Waals surface area contributed by atoms with Gasteiger partial charge in [-0.1, -0.05) is 23.2 Å². The Morgan fingerprint density at radius 1 is 1.11 bits per heavy atom. The Kier molecular flexibility index (Phi) is 2.97. The number of rotatable bonds is 2. The van der Waals surface area contributed by atoms with Gasteiger partial charge in [0.1, 0.15) is 11.5 Å². The number of halogens is 2. The van der Waals surface area contributed by atoms with Gasteiger partial charge < -0.3 is 10.2 Å². The Bertz CT molecular complexity index is 720. The molecule has 0 saturated carbocycles. The van der Waals surface area contributed by atoms with Crippen molar-refractivity contribution in [2.75, 3.05) is 5.73 Å². The van der Waals surface area contributed by atoms with Crippen LogP contribution in [0.1, 0.15) is 0 Å². The molecular formula is C13H9Cl2N3O. The van der Waals surface area contributed by atoms with Gasteiger partial charge in [-0.3, -0.25) is 0 Å². The second kappa shape index (κ2) is 4.64. The smallest absolute Gasteiger partial charge is 0.154 e. The van der Waals surface area contributed by atoms with Crippen LogP contribution < -0.4 is 5.73 Å². The number of aromatic nitrogens is 2. The summed E-state index contributed by atoms with van der Waals surface area (Å²) in [5, 5.41) is 5.33. The zero-order chi connectivity index (χ0) is 13.4. The van der Waals surface area contributed by atoms with Crippen LogP contribution >= 0.6 is 23.2 Å². The molecule has 2 aromatic heterocycles. The molecule has 0 atom stereocenters. The maximum atomic E-state index is 5.99. The zero-order valence-corrected chi connectivity index (χ0v) is 11.2. The van der Waals surface area contributed by atoms with Crippen LogP contribution in [-0.2, 0) is 0 Å². The van der Waals surface area contributed by atoms with E-state index in [2.05, 4.69) is 5.10 Å². The fourth-order valence-electron chi connectivity index (χ4n) is 1.76. The van der Waals surface area contributed by atoms with Gasteiger partial charge in [0.05, 0.1) is 22.0 Å². The summed E-state index contributed by atoms with van der Waals surface area (Å²) < 4.78 is 6.87. The van der Waals surface area contributed by atoms with Crippen molar-refractivity contribution in [2.24, 2.45) is 0 Å². The zero-order valence-electron chi connectivity index (χ0n) is 9.68. The van der Waals surface area contributed by atoms with E-state index in [1.807, 2.05) is 6.07 Å². The molecule has 0 unspecified atom stereocenters. The number of benzene rings is 1. The molecular weight excluding hydrogens is 285 g/mol. The van der Waals surface area contributed by atoms with Crippen LogP contribution in [0, 0.1) is 0 Å². The molecule has 0 bridgehead atoms. The van der Waals surface area contributed by atoms with Crippen molar-refractivity contribution in [1.29, 1.82) is 0 Å². The van der Waals surface area contributed by atoms with Crippen LogP contribution in [0.2, 0.25) is 10.0 Å². The first-order valence-corrected chi connectivity index (χ1v) is 6.25. The van der Waals surface area contributed by atoms with Crippen molar-refractivity contribution in [3.05, 3.63) is 52.7 Å². The van der Waals surface area contributed by atoms with Crippen LogP contribution in [0.15, 0.2) is 47.1 Å². The molecule has 0 fully saturated rings. The minimum atomic E-state index is 0.452. The fraction of sp³-hybridized carbons (Fsp3) is 0. The molecule has 4 nitrogen and oxygen atoms in total. The number of nitrogen functional groups attached to an aromatic ring is 1. The van der Waals surface area contributed by atoms with Crippen molar-refractivity contribution in [1.82, 2.24) is 9.78 Å². The molecule has 1 aromatic carbocycles. The van der Waals surface area contributed by atoms with Gasteiger partial charge in [0, 0.05) is 6.07 Å². The Hall–Kier alpha value is -1.91. The van der Waals surface area contributed by atoms with Crippen molar-refractivity contribution in [3.8, 4) is 17.1 Å². The summed E-state index contributed by atoms with van der Waals surface area (Å²) in [5.74, 6) is 1.15. The average molecular weight is 294 g/mol. The summed E-state index contributed by atoms with van der Waals surface area (Å²) in [5.41, 5.74) is 7.35. The number of hydrogen-bond donors (Lipinski definition) is 1. The molecule has 2 N–H and O–H groups in total. The van der Waals surface area contributed by atoms with Gasteiger partial charge in [-0.15, -0.1) is 0 Å². The minimum absolute atomic E-state index is 0.452. The van der Waals surface area contributed by atoms with Gasteiger partial charge in [0.2, 0.25) is 0 Å². The van der Waals surface area contributed by atoms with Gasteiger partial charge in [0.15, 0.2) is 5.76 Å². The minimum Gasteiger partial charge on any atom is -0.463 e. The molecule has 0 saturated heterocycles. The predicted molar refractivity (Wildman–Crippen MR) is 75.7 cm³/mol. The van der Waals surface area contributed by atoms with Gasteiger partial charge in [-0.2, -0.15) is 5.10 Å². The first-order chi connectivity index (χ1) is 9.15. The maximum absolute atomic E-state index is 5.99. The lowest BCUT2D eigenvalue weighted by molar-refractivity contribution is 0.579. The normalized spacial score (nSPS) is 10.8. The van der Waals surface area contributed by atoms with E-state index < -0.39 is 0 Å².